The first-order valence-corrected chi connectivity index (χ1v) is 11.5. The molecule has 6 heteroatoms. The molecule has 1 atom stereocenters. The molecule has 2 aromatic rings. The molecule has 6 nitrogen and oxygen atoms in total. The Bertz CT molecular complexity index is 965. The summed E-state index contributed by atoms with van der Waals surface area (Å²) in [5.74, 6) is 3.03. The Hall–Kier alpha value is -2.89. The van der Waals surface area contributed by atoms with Crippen LogP contribution in [0.1, 0.15) is 54.8 Å². The molecule has 172 valence electrons. The predicted octanol–water partition coefficient (Wildman–Crippen LogP) is 5.18. The number of hydrogen-bond donors (Lipinski definition) is 0. The van der Waals surface area contributed by atoms with E-state index in [0.717, 1.165) is 55.2 Å². The fraction of sp³-hybridized carbons (Fsp3) is 0.500. The van der Waals surface area contributed by atoms with Gasteiger partial charge in [0, 0.05) is 12.3 Å². The molecule has 1 heterocycles. The molecule has 0 bridgehead atoms. The van der Waals surface area contributed by atoms with E-state index in [0.29, 0.717) is 0 Å². The summed E-state index contributed by atoms with van der Waals surface area (Å²) in [7, 11) is 6.72. The van der Waals surface area contributed by atoms with Gasteiger partial charge in [0.25, 0.3) is 0 Å². The summed E-state index contributed by atoms with van der Waals surface area (Å²) in [5, 5.41) is 7.47. The third-order valence-corrected chi connectivity index (χ3v) is 6.55. The summed E-state index contributed by atoms with van der Waals surface area (Å²) in [6, 6.07) is 10.5. The Morgan fingerprint density at radius 3 is 2.12 bits per heavy atom. The average Bonchev–Trinajstić information content (AvgIpc) is 2.85. The van der Waals surface area contributed by atoms with E-state index < -0.39 is 0 Å². The van der Waals surface area contributed by atoms with E-state index in [9.17, 15) is 0 Å². The van der Waals surface area contributed by atoms with E-state index in [2.05, 4.69) is 29.3 Å². The molecule has 0 radical (unpaired) electrons. The molecule has 32 heavy (non-hydrogen) atoms. The molecule has 1 unspecified atom stereocenters. The highest BCUT2D eigenvalue weighted by Gasteiger charge is 2.29. The Balaban J connectivity index is 1.73. The molecular formula is C26H34N2O4. The predicted molar refractivity (Wildman–Crippen MR) is 126 cm³/mol. The monoisotopic (exact) mass is 438 g/mol. The number of methoxy groups -OCH3 is 4. The van der Waals surface area contributed by atoms with E-state index in [4.69, 9.17) is 24.0 Å². The average molecular weight is 439 g/mol. The van der Waals surface area contributed by atoms with Gasteiger partial charge in [-0.05, 0) is 79.5 Å². The first-order chi connectivity index (χ1) is 15.7. The molecule has 1 aliphatic carbocycles. The van der Waals surface area contributed by atoms with Crippen LogP contribution in [0.15, 0.2) is 35.4 Å². The van der Waals surface area contributed by atoms with Crippen molar-refractivity contribution in [2.24, 2.45) is 5.10 Å². The van der Waals surface area contributed by atoms with E-state index in [1.807, 2.05) is 6.07 Å². The second-order valence-electron chi connectivity index (χ2n) is 8.46. The lowest BCUT2D eigenvalue weighted by Crippen LogP contribution is -2.34. The van der Waals surface area contributed by atoms with Crippen molar-refractivity contribution in [1.29, 1.82) is 0 Å². The first kappa shape index (κ1) is 22.3. The molecule has 0 aromatic heterocycles. The number of rotatable bonds is 7. The van der Waals surface area contributed by atoms with E-state index in [1.54, 1.807) is 28.4 Å². The molecule has 4 rings (SSSR count). The SMILES string of the molecule is COc1ccc(CC2c3cc(OC)c(OC)cc3CCN2N=C2CCCCC2)cc1OC. The minimum Gasteiger partial charge on any atom is -0.493 e. The van der Waals surface area contributed by atoms with Gasteiger partial charge in [-0.25, -0.2) is 0 Å². The van der Waals surface area contributed by atoms with Gasteiger partial charge in [-0.2, -0.15) is 5.10 Å². The minimum atomic E-state index is 0.117. The lowest BCUT2D eigenvalue weighted by atomic mass is 9.89. The Morgan fingerprint density at radius 2 is 1.44 bits per heavy atom. The maximum Gasteiger partial charge on any atom is 0.161 e. The van der Waals surface area contributed by atoms with Crippen LogP contribution in [0.25, 0.3) is 0 Å². The lowest BCUT2D eigenvalue weighted by Gasteiger charge is -2.37. The second kappa shape index (κ2) is 10.2. The van der Waals surface area contributed by atoms with Crippen molar-refractivity contribution in [2.75, 3.05) is 35.0 Å². The van der Waals surface area contributed by atoms with Gasteiger partial charge in [-0.3, -0.25) is 5.01 Å². The maximum absolute atomic E-state index is 5.64. The Kier molecular flexibility index (Phi) is 7.08. The summed E-state index contributed by atoms with van der Waals surface area (Å²) < 4.78 is 22.2. The molecule has 1 fully saturated rings. The Labute approximate surface area is 191 Å². The number of benzene rings is 2. The summed E-state index contributed by atoms with van der Waals surface area (Å²) >= 11 is 0. The molecule has 2 aromatic carbocycles. The van der Waals surface area contributed by atoms with Crippen LogP contribution in [0.5, 0.6) is 23.0 Å². The van der Waals surface area contributed by atoms with E-state index in [1.165, 1.54) is 41.7 Å². The molecule has 1 saturated carbocycles. The summed E-state index contributed by atoms with van der Waals surface area (Å²) in [5.41, 5.74) is 5.07. The highest BCUT2D eigenvalue weighted by Crippen LogP contribution is 2.40. The van der Waals surface area contributed by atoms with Crippen molar-refractivity contribution in [3.63, 3.8) is 0 Å². The van der Waals surface area contributed by atoms with Crippen molar-refractivity contribution < 1.29 is 18.9 Å². The van der Waals surface area contributed by atoms with Crippen LogP contribution in [0, 0.1) is 0 Å². The third kappa shape index (κ3) is 4.64. The number of nitrogens with zero attached hydrogens (tertiary/aromatic N) is 2. The standard InChI is InChI=1S/C26H34N2O4/c1-29-23-11-10-18(15-24(23)30-2)14-22-21-17-26(32-4)25(31-3)16-19(21)12-13-28(22)27-20-8-6-5-7-9-20/h10-11,15-17,22H,5-9,12-14H2,1-4H3. The van der Waals surface area contributed by atoms with Gasteiger partial charge in [-0.15, -0.1) is 0 Å². The normalized spacial score (nSPS) is 18.1. The highest BCUT2D eigenvalue weighted by molar-refractivity contribution is 5.84. The highest BCUT2D eigenvalue weighted by atomic mass is 16.5. The van der Waals surface area contributed by atoms with Crippen LogP contribution in [-0.4, -0.2) is 45.7 Å². The fourth-order valence-corrected chi connectivity index (χ4v) is 4.82. The molecule has 1 aliphatic heterocycles. The van der Waals surface area contributed by atoms with Crippen LogP contribution >= 0.6 is 0 Å². The Morgan fingerprint density at radius 1 is 0.781 bits per heavy atom. The van der Waals surface area contributed by atoms with Gasteiger partial charge >= 0.3 is 0 Å². The quantitative estimate of drug-likeness (QED) is 0.596. The van der Waals surface area contributed by atoms with Crippen molar-refractivity contribution in [3.8, 4) is 23.0 Å². The third-order valence-electron chi connectivity index (χ3n) is 6.55. The van der Waals surface area contributed by atoms with Crippen LogP contribution in [0.4, 0.5) is 0 Å². The number of fused-ring (bicyclic) bond motifs is 1. The zero-order valence-corrected chi connectivity index (χ0v) is 19.6. The molecule has 0 amide bonds. The summed E-state index contributed by atoms with van der Waals surface area (Å²) in [6.07, 6.45) is 7.78. The maximum atomic E-state index is 5.64. The topological polar surface area (TPSA) is 52.5 Å². The van der Waals surface area contributed by atoms with Gasteiger partial charge in [0.05, 0.1) is 34.5 Å². The van der Waals surface area contributed by atoms with E-state index >= 15 is 0 Å². The second-order valence-corrected chi connectivity index (χ2v) is 8.46. The molecule has 0 N–H and O–H groups in total. The van der Waals surface area contributed by atoms with Crippen LogP contribution in [0.2, 0.25) is 0 Å². The lowest BCUT2D eigenvalue weighted by molar-refractivity contribution is 0.189. The number of hydrazone groups is 1. The van der Waals surface area contributed by atoms with Crippen molar-refractivity contribution in [2.45, 2.75) is 51.0 Å². The zero-order valence-electron chi connectivity index (χ0n) is 19.6. The van der Waals surface area contributed by atoms with Crippen LogP contribution < -0.4 is 18.9 Å². The fourth-order valence-electron chi connectivity index (χ4n) is 4.82. The first-order valence-electron chi connectivity index (χ1n) is 11.5. The molecular weight excluding hydrogens is 404 g/mol. The molecule has 2 aliphatic rings. The van der Waals surface area contributed by atoms with Crippen LogP contribution in [0.3, 0.4) is 0 Å². The van der Waals surface area contributed by atoms with Crippen molar-refractivity contribution >= 4 is 5.71 Å². The minimum absolute atomic E-state index is 0.117. The number of hydrogen-bond acceptors (Lipinski definition) is 6. The van der Waals surface area contributed by atoms with Gasteiger partial charge in [0.15, 0.2) is 23.0 Å². The number of ether oxygens (including phenoxy) is 4. The van der Waals surface area contributed by atoms with Crippen molar-refractivity contribution in [1.82, 2.24) is 5.01 Å². The van der Waals surface area contributed by atoms with Crippen molar-refractivity contribution in [3.05, 3.63) is 47.0 Å². The zero-order chi connectivity index (χ0) is 22.5. The van der Waals surface area contributed by atoms with Gasteiger partial charge in [0.1, 0.15) is 0 Å². The summed E-state index contributed by atoms with van der Waals surface area (Å²) in [4.78, 5) is 0. The summed E-state index contributed by atoms with van der Waals surface area (Å²) in [6.45, 7) is 0.893. The van der Waals surface area contributed by atoms with Gasteiger partial charge in [0.2, 0.25) is 0 Å². The van der Waals surface area contributed by atoms with E-state index in [-0.39, 0.29) is 6.04 Å². The molecule has 0 spiro atoms. The smallest absolute Gasteiger partial charge is 0.161 e. The molecule has 0 saturated heterocycles. The largest absolute Gasteiger partial charge is 0.493 e. The van der Waals surface area contributed by atoms with Crippen LogP contribution in [-0.2, 0) is 12.8 Å². The van der Waals surface area contributed by atoms with Gasteiger partial charge < -0.3 is 18.9 Å². The van der Waals surface area contributed by atoms with Gasteiger partial charge in [-0.1, -0.05) is 12.5 Å².